The van der Waals surface area contributed by atoms with Crippen LogP contribution < -0.4 is 0 Å². The smallest absolute Gasteiger partial charge is 0.116 e. The van der Waals surface area contributed by atoms with Crippen LogP contribution in [0.15, 0.2) is 36.7 Å². The highest BCUT2D eigenvalue weighted by Gasteiger charge is 1.97. The van der Waals surface area contributed by atoms with Crippen LogP contribution in [-0.2, 0) is 9.47 Å². The Bertz CT molecular complexity index is 363. The van der Waals surface area contributed by atoms with Gasteiger partial charge in [-0.15, -0.1) is 0 Å². The average Bonchev–Trinajstić information content (AvgIpc) is 2.63. The molecular formula is C23H41FO2. The van der Waals surface area contributed by atoms with Gasteiger partial charge in [-0.3, -0.25) is 0 Å². The van der Waals surface area contributed by atoms with Crippen molar-refractivity contribution in [1.82, 2.24) is 0 Å². The van der Waals surface area contributed by atoms with Crippen LogP contribution in [0.1, 0.15) is 84.0 Å². The number of allylic oxidation sites excluding steroid dienone is 4. The minimum Gasteiger partial charge on any atom is -0.379 e. The van der Waals surface area contributed by atoms with Crippen LogP contribution in [-0.4, -0.2) is 26.4 Å². The number of halogens is 1. The van der Waals surface area contributed by atoms with E-state index in [1.54, 1.807) is 6.08 Å². The fourth-order valence-electron chi connectivity index (χ4n) is 2.92. The van der Waals surface area contributed by atoms with Gasteiger partial charge in [0.25, 0.3) is 0 Å². The molecule has 0 aromatic heterocycles. The zero-order valence-electron chi connectivity index (χ0n) is 17.1. The Hall–Kier alpha value is -0.930. The van der Waals surface area contributed by atoms with E-state index in [1.807, 2.05) is 6.92 Å². The van der Waals surface area contributed by atoms with Gasteiger partial charge in [0.05, 0.1) is 13.2 Å². The summed E-state index contributed by atoms with van der Waals surface area (Å²) in [5.74, 6) is -0.381. The Morgan fingerprint density at radius 2 is 1.27 bits per heavy atom. The Labute approximate surface area is 161 Å². The van der Waals surface area contributed by atoms with Gasteiger partial charge in [-0.05, 0) is 37.8 Å². The highest BCUT2D eigenvalue weighted by molar-refractivity contribution is 5.23. The molecule has 0 aliphatic rings. The van der Waals surface area contributed by atoms with Crippen LogP contribution in [0.3, 0.4) is 0 Å². The highest BCUT2D eigenvalue weighted by Crippen LogP contribution is 2.15. The third-order valence-corrected chi connectivity index (χ3v) is 4.43. The number of hydrogen-bond acceptors (Lipinski definition) is 2. The Balaban J connectivity index is 3.20. The maximum Gasteiger partial charge on any atom is 0.116 e. The largest absolute Gasteiger partial charge is 0.379 e. The van der Waals surface area contributed by atoms with E-state index in [1.165, 1.54) is 70.3 Å². The lowest BCUT2D eigenvalue weighted by atomic mass is 10.0. The molecule has 0 aromatic carbocycles. The van der Waals surface area contributed by atoms with E-state index in [9.17, 15) is 4.39 Å². The second-order valence-corrected chi connectivity index (χ2v) is 6.82. The fourth-order valence-corrected chi connectivity index (χ4v) is 2.92. The Kier molecular flexibility index (Phi) is 19.7. The van der Waals surface area contributed by atoms with Gasteiger partial charge in [0, 0.05) is 13.2 Å². The van der Waals surface area contributed by atoms with Crippen LogP contribution >= 0.6 is 0 Å². The topological polar surface area (TPSA) is 18.5 Å². The quantitative estimate of drug-likeness (QED) is 0.166. The van der Waals surface area contributed by atoms with Crippen LogP contribution in [0.2, 0.25) is 0 Å². The molecule has 0 rings (SSSR count). The molecule has 0 unspecified atom stereocenters. The molecule has 152 valence electrons. The standard InChI is InChI=1S/C23H41FO2/c1-4-23(21-22(3)24)17-15-13-11-9-7-6-8-10-12-14-16-18-26-20-19-25-5-2/h4,21H,1,3,5-20H2,2H3/b23-21+. The summed E-state index contributed by atoms with van der Waals surface area (Å²) in [4.78, 5) is 0. The van der Waals surface area contributed by atoms with Gasteiger partial charge < -0.3 is 9.47 Å². The van der Waals surface area contributed by atoms with Crippen LogP contribution in [0, 0.1) is 0 Å². The maximum absolute atomic E-state index is 12.7. The molecule has 0 spiro atoms. The van der Waals surface area contributed by atoms with Crippen molar-refractivity contribution in [2.75, 3.05) is 26.4 Å². The SMILES string of the molecule is C=C/C(=C\C(=C)F)CCCCCCCCCCCCCOCCOCC. The van der Waals surface area contributed by atoms with E-state index < -0.39 is 0 Å². The average molecular weight is 369 g/mol. The summed E-state index contributed by atoms with van der Waals surface area (Å²) in [5.41, 5.74) is 0.956. The molecule has 26 heavy (non-hydrogen) atoms. The highest BCUT2D eigenvalue weighted by atomic mass is 19.1. The molecule has 3 heteroatoms. The summed E-state index contributed by atoms with van der Waals surface area (Å²) >= 11 is 0. The summed E-state index contributed by atoms with van der Waals surface area (Å²) in [7, 11) is 0. The number of unbranched alkanes of at least 4 members (excludes halogenated alkanes) is 10. The van der Waals surface area contributed by atoms with Gasteiger partial charge in [-0.1, -0.05) is 77.0 Å². The van der Waals surface area contributed by atoms with E-state index in [0.29, 0.717) is 0 Å². The maximum atomic E-state index is 12.7. The van der Waals surface area contributed by atoms with Crippen molar-refractivity contribution >= 4 is 0 Å². The van der Waals surface area contributed by atoms with Crippen LogP contribution in [0.5, 0.6) is 0 Å². The summed E-state index contributed by atoms with van der Waals surface area (Å²) in [5, 5.41) is 0. The minimum atomic E-state index is -0.381. The van der Waals surface area contributed by atoms with Crippen molar-refractivity contribution in [2.45, 2.75) is 84.0 Å². The van der Waals surface area contributed by atoms with E-state index >= 15 is 0 Å². The van der Waals surface area contributed by atoms with Crippen LogP contribution in [0.25, 0.3) is 0 Å². The molecule has 0 amide bonds. The van der Waals surface area contributed by atoms with E-state index in [0.717, 1.165) is 44.8 Å². The number of hydrogen-bond donors (Lipinski definition) is 0. The normalized spacial score (nSPS) is 11.7. The molecule has 0 aliphatic heterocycles. The van der Waals surface area contributed by atoms with Crippen molar-refractivity contribution in [3.63, 3.8) is 0 Å². The van der Waals surface area contributed by atoms with E-state index in [2.05, 4.69) is 13.2 Å². The molecule has 0 heterocycles. The van der Waals surface area contributed by atoms with Crippen LogP contribution in [0.4, 0.5) is 4.39 Å². The molecule has 0 saturated heterocycles. The molecule has 0 aliphatic carbocycles. The molecule has 0 atom stereocenters. The third-order valence-electron chi connectivity index (χ3n) is 4.43. The molecule has 0 radical (unpaired) electrons. The van der Waals surface area contributed by atoms with E-state index in [4.69, 9.17) is 9.47 Å². The third kappa shape index (κ3) is 19.4. The Morgan fingerprint density at radius 1 is 0.769 bits per heavy atom. The lowest BCUT2D eigenvalue weighted by molar-refractivity contribution is 0.0512. The lowest BCUT2D eigenvalue weighted by Crippen LogP contribution is -2.04. The second-order valence-electron chi connectivity index (χ2n) is 6.82. The van der Waals surface area contributed by atoms with E-state index in [-0.39, 0.29) is 5.83 Å². The summed E-state index contributed by atoms with van der Waals surface area (Å²) in [6.45, 7) is 12.1. The van der Waals surface area contributed by atoms with Gasteiger partial charge in [0.1, 0.15) is 5.83 Å². The molecule has 0 bridgehead atoms. The Morgan fingerprint density at radius 3 is 1.77 bits per heavy atom. The van der Waals surface area contributed by atoms with Gasteiger partial charge in [0.2, 0.25) is 0 Å². The zero-order valence-corrected chi connectivity index (χ0v) is 17.1. The van der Waals surface area contributed by atoms with Gasteiger partial charge in [-0.2, -0.15) is 0 Å². The fraction of sp³-hybridized carbons (Fsp3) is 0.739. The molecule has 2 nitrogen and oxygen atoms in total. The van der Waals surface area contributed by atoms with Crippen molar-refractivity contribution in [3.8, 4) is 0 Å². The monoisotopic (exact) mass is 368 g/mol. The first-order valence-electron chi connectivity index (χ1n) is 10.5. The second kappa shape index (κ2) is 20.4. The molecular weight excluding hydrogens is 327 g/mol. The van der Waals surface area contributed by atoms with Crippen molar-refractivity contribution in [1.29, 1.82) is 0 Å². The summed E-state index contributed by atoms with van der Waals surface area (Å²) in [6, 6.07) is 0. The minimum absolute atomic E-state index is 0.381. The zero-order chi connectivity index (χ0) is 19.3. The number of rotatable bonds is 20. The predicted octanol–water partition coefficient (Wildman–Crippen LogP) is 7.32. The van der Waals surface area contributed by atoms with Crippen molar-refractivity contribution in [2.24, 2.45) is 0 Å². The molecule has 0 aromatic rings. The van der Waals surface area contributed by atoms with Gasteiger partial charge in [-0.25, -0.2) is 4.39 Å². The van der Waals surface area contributed by atoms with Crippen molar-refractivity contribution in [3.05, 3.63) is 36.7 Å². The van der Waals surface area contributed by atoms with Crippen molar-refractivity contribution < 1.29 is 13.9 Å². The van der Waals surface area contributed by atoms with Gasteiger partial charge >= 0.3 is 0 Å². The first-order valence-corrected chi connectivity index (χ1v) is 10.5. The lowest BCUT2D eigenvalue weighted by Gasteiger charge is -2.05. The molecule has 0 fully saturated rings. The summed E-state index contributed by atoms with van der Waals surface area (Å²) in [6.07, 6.45) is 18.2. The summed E-state index contributed by atoms with van der Waals surface area (Å²) < 4.78 is 23.5. The molecule has 0 N–H and O–H groups in total. The van der Waals surface area contributed by atoms with Gasteiger partial charge in [0.15, 0.2) is 0 Å². The first-order chi connectivity index (χ1) is 12.7. The first kappa shape index (κ1) is 25.1. The number of ether oxygens (including phenoxy) is 2. The predicted molar refractivity (Wildman–Crippen MR) is 111 cm³/mol. The molecule has 0 saturated carbocycles.